The minimum atomic E-state index is -3.51. The van der Waals surface area contributed by atoms with Crippen LogP contribution in [0.1, 0.15) is 77.4 Å². The van der Waals surface area contributed by atoms with Crippen molar-refractivity contribution in [2.24, 2.45) is 0 Å². The number of carbonyl (C=O) groups is 4. The summed E-state index contributed by atoms with van der Waals surface area (Å²) in [4.78, 5) is 54.1. The van der Waals surface area contributed by atoms with Crippen LogP contribution in [0.25, 0.3) is 0 Å². The van der Waals surface area contributed by atoms with E-state index in [9.17, 15) is 27.6 Å². The molecule has 3 aliphatic heterocycles. The summed E-state index contributed by atoms with van der Waals surface area (Å²) in [6.07, 6.45) is 4.25. The maximum absolute atomic E-state index is 13.0. The number of nitrogens with one attached hydrogen (secondary N) is 4. The second kappa shape index (κ2) is 19.3. The summed E-state index contributed by atoms with van der Waals surface area (Å²) in [7, 11) is -3.51. The number of hydrogen-bond acceptors (Lipinski definition) is 11. The molecule has 3 aliphatic rings. The lowest BCUT2D eigenvalue weighted by Gasteiger charge is -2.32. The van der Waals surface area contributed by atoms with Crippen molar-refractivity contribution >= 4 is 62.3 Å². The van der Waals surface area contributed by atoms with Crippen LogP contribution >= 0.6 is 22.9 Å². The van der Waals surface area contributed by atoms with Crippen LogP contribution in [0.15, 0.2) is 53.8 Å². The maximum Gasteiger partial charge on any atom is 0.256 e. The molecule has 0 aliphatic carbocycles. The zero-order valence-corrected chi connectivity index (χ0v) is 34.3. The number of nitrogens with zero attached hydrogens (tertiary/aromatic N) is 2. The Morgan fingerprint density at radius 3 is 2.58 bits per heavy atom. The summed E-state index contributed by atoms with van der Waals surface area (Å²) >= 11 is 8.16. The molecule has 0 saturated carbocycles. The van der Waals surface area contributed by atoms with Crippen molar-refractivity contribution < 1.29 is 37.1 Å². The Labute approximate surface area is 342 Å². The Morgan fingerprint density at radius 2 is 1.86 bits per heavy atom. The number of hydrogen-bond donors (Lipinski definition) is 4. The van der Waals surface area contributed by atoms with Crippen LogP contribution in [-0.2, 0) is 50.5 Å². The molecule has 1 unspecified atom stereocenters. The summed E-state index contributed by atoms with van der Waals surface area (Å²) in [5.41, 5.74) is 4.23. The van der Waals surface area contributed by atoms with Crippen LogP contribution in [-0.4, -0.2) is 86.7 Å². The second-order valence-electron chi connectivity index (χ2n) is 14.2. The second-order valence-corrected chi connectivity index (χ2v) is 17.3. The first kappa shape index (κ1) is 42.1. The zero-order valence-electron chi connectivity index (χ0n) is 31.9. The molecule has 306 valence electrons. The molecule has 1 atom stereocenters. The lowest BCUT2D eigenvalue weighted by atomic mass is 10.0. The molecule has 1 aromatic heterocycles. The molecule has 3 aromatic rings. The van der Waals surface area contributed by atoms with Gasteiger partial charge in [0.2, 0.25) is 27.7 Å². The number of aryl methyl sites for hydroxylation is 1. The number of sulfonamides is 1. The minimum absolute atomic E-state index is 0.0643. The van der Waals surface area contributed by atoms with Crippen molar-refractivity contribution in [2.75, 3.05) is 38.1 Å². The Bertz CT molecular complexity index is 2070. The number of likely N-dealkylation sites (tertiary alicyclic amines) is 1. The molecule has 17 heteroatoms. The molecule has 0 bridgehead atoms. The van der Waals surface area contributed by atoms with Crippen LogP contribution in [0.5, 0.6) is 11.5 Å². The monoisotopic (exact) mass is 840 g/mol. The average molecular weight is 841 g/mol. The number of anilines is 1. The highest BCUT2D eigenvalue weighted by Gasteiger charge is 2.40. The zero-order chi connectivity index (χ0) is 40.5. The van der Waals surface area contributed by atoms with Gasteiger partial charge in [-0.2, -0.15) is 0 Å². The number of imide groups is 1. The van der Waals surface area contributed by atoms with Gasteiger partial charge < -0.3 is 29.9 Å². The first-order valence-electron chi connectivity index (χ1n) is 19.2. The minimum Gasteiger partial charge on any atom is -0.492 e. The normalized spacial score (nSPS) is 17.4. The number of benzene rings is 2. The van der Waals surface area contributed by atoms with Gasteiger partial charge in [0.25, 0.3) is 5.91 Å². The largest absolute Gasteiger partial charge is 0.492 e. The van der Waals surface area contributed by atoms with Gasteiger partial charge in [0.1, 0.15) is 24.1 Å². The molecule has 14 nitrogen and oxygen atoms in total. The van der Waals surface area contributed by atoms with Crippen LogP contribution in [0.2, 0.25) is 5.02 Å². The fourth-order valence-electron chi connectivity index (χ4n) is 7.19. The Kier molecular flexibility index (Phi) is 14.3. The number of amides is 4. The lowest BCUT2D eigenvalue weighted by molar-refractivity contribution is -0.137. The highest BCUT2D eigenvalue weighted by Crippen LogP contribution is 2.35. The highest BCUT2D eigenvalue weighted by atomic mass is 35.5. The standard InChI is InChI=1S/C40H49ClN6O8S2/c1-3-54-35-19-27(32(41)20-33(35)43-22-38(49)46-17-14-28(15-18-46)45-57(52,53)4-2)7-5-6-16-42-21-26-8-10-29(11-9-26)55-24-36-30-23-47(40(51)31(30)25-56-36)34-12-13-37(48)44-39(34)50/h4,8-11,19-20,25,28,34,42-43,45H,2-3,5-7,12-18,21-24H2,1H3,(H,44,48,50). The fraction of sp³-hybridized carbons (Fsp3) is 0.450. The maximum atomic E-state index is 13.0. The molecule has 4 N–H and O–H groups in total. The topological polar surface area (TPSA) is 175 Å². The van der Waals surface area contributed by atoms with E-state index in [1.807, 2.05) is 48.7 Å². The third-order valence-electron chi connectivity index (χ3n) is 10.3. The van der Waals surface area contributed by atoms with Crippen molar-refractivity contribution in [1.29, 1.82) is 0 Å². The third-order valence-corrected chi connectivity index (χ3v) is 12.8. The van der Waals surface area contributed by atoms with Crippen molar-refractivity contribution in [3.8, 4) is 11.5 Å². The molecule has 57 heavy (non-hydrogen) atoms. The first-order chi connectivity index (χ1) is 27.4. The predicted octanol–water partition coefficient (Wildman–Crippen LogP) is 4.72. The van der Waals surface area contributed by atoms with Gasteiger partial charge in [-0.05, 0) is 87.4 Å². The predicted molar refractivity (Wildman–Crippen MR) is 219 cm³/mol. The van der Waals surface area contributed by atoms with Gasteiger partial charge in [-0.25, -0.2) is 13.1 Å². The molecule has 0 spiro atoms. The van der Waals surface area contributed by atoms with Crippen LogP contribution in [0.4, 0.5) is 5.69 Å². The summed E-state index contributed by atoms with van der Waals surface area (Å²) in [6.45, 7) is 8.85. The molecule has 6 rings (SSSR count). The van der Waals surface area contributed by atoms with E-state index in [2.05, 4.69) is 27.3 Å². The number of halogens is 1. The number of fused-ring (bicyclic) bond motifs is 1. The number of unbranched alkanes of at least 4 members (excludes halogenated alkanes) is 1. The van der Waals surface area contributed by atoms with E-state index in [1.165, 1.54) is 11.3 Å². The van der Waals surface area contributed by atoms with Gasteiger partial charge in [0.15, 0.2) is 0 Å². The average Bonchev–Trinajstić information content (AvgIpc) is 3.75. The van der Waals surface area contributed by atoms with Crippen molar-refractivity contribution in [3.05, 3.63) is 85.9 Å². The van der Waals surface area contributed by atoms with E-state index in [0.29, 0.717) is 80.7 Å². The van der Waals surface area contributed by atoms with Crippen molar-refractivity contribution in [2.45, 2.75) is 83.6 Å². The number of carbonyl (C=O) groups excluding carboxylic acids is 4. The molecule has 0 radical (unpaired) electrons. The van der Waals surface area contributed by atoms with Crippen LogP contribution in [0, 0.1) is 0 Å². The lowest BCUT2D eigenvalue weighted by Crippen LogP contribution is -2.52. The number of thiophene rings is 1. The first-order valence-corrected chi connectivity index (χ1v) is 22.0. The van der Waals surface area contributed by atoms with Gasteiger partial charge in [0, 0.05) is 64.9 Å². The molecular weight excluding hydrogens is 792 g/mol. The smallest absolute Gasteiger partial charge is 0.256 e. The highest BCUT2D eigenvalue weighted by molar-refractivity contribution is 7.92. The van der Waals surface area contributed by atoms with Crippen LogP contribution < -0.4 is 30.1 Å². The molecule has 2 saturated heterocycles. The number of ether oxygens (including phenoxy) is 2. The molecule has 2 aromatic carbocycles. The Balaban J connectivity index is 0.892. The van der Waals surface area contributed by atoms with E-state index < -0.39 is 22.0 Å². The molecule has 4 amide bonds. The molecule has 2 fully saturated rings. The van der Waals surface area contributed by atoms with E-state index in [4.69, 9.17) is 21.1 Å². The third kappa shape index (κ3) is 10.9. The van der Waals surface area contributed by atoms with Gasteiger partial charge in [0.05, 0.1) is 24.4 Å². The van der Waals surface area contributed by atoms with E-state index >= 15 is 0 Å². The molecule has 4 heterocycles. The number of piperidine rings is 2. The summed E-state index contributed by atoms with van der Waals surface area (Å²) < 4.78 is 38.1. The van der Waals surface area contributed by atoms with Crippen molar-refractivity contribution in [1.82, 2.24) is 25.2 Å². The van der Waals surface area contributed by atoms with Gasteiger partial charge >= 0.3 is 0 Å². The van der Waals surface area contributed by atoms with Gasteiger partial charge in [-0.15, -0.1) is 11.3 Å². The van der Waals surface area contributed by atoms with Crippen LogP contribution in [0.3, 0.4) is 0 Å². The van der Waals surface area contributed by atoms with Gasteiger partial charge in [-0.3, -0.25) is 24.5 Å². The Hall–Kier alpha value is -4.48. The fourth-order valence-corrected chi connectivity index (χ4v) is 9.19. The van der Waals surface area contributed by atoms with E-state index in [0.717, 1.165) is 58.5 Å². The van der Waals surface area contributed by atoms with Crippen molar-refractivity contribution in [3.63, 3.8) is 0 Å². The summed E-state index contributed by atoms with van der Waals surface area (Å²) in [5.74, 6) is 0.368. The summed E-state index contributed by atoms with van der Waals surface area (Å²) in [6, 6.07) is 10.8. The number of rotatable bonds is 19. The molecular formula is C40H49ClN6O8S2. The summed E-state index contributed by atoms with van der Waals surface area (Å²) in [5, 5.41) is 12.3. The van der Waals surface area contributed by atoms with E-state index in [1.54, 1.807) is 9.80 Å². The SMILES string of the molecule is C=CS(=O)(=O)NC1CCN(C(=O)CNc2cc(Cl)c(CCCCNCc3ccc(OCc4scc5c4CN(C4CCC(=O)NC4=O)C5=O)cc3)cc2OCC)CC1. The quantitative estimate of drug-likeness (QED) is 0.0977. The van der Waals surface area contributed by atoms with E-state index in [-0.39, 0.29) is 36.7 Å². The Morgan fingerprint density at radius 1 is 1.09 bits per heavy atom. The van der Waals surface area contributed by atoms with Gasteiger partial charge in [-0.1, -0.05) is 30.3 Å².